The topological polar surface area (TPSA) is 9.23 Å². The second-order valence-corrected chi connectivity index (χ2v) is 3.98. The molecule has 0 N–H and O–H groups in total. The number of hydrogen-bond acceptors (Lipinski definition) is 1. The number of ether oxygens (including phenoxy) is 1. The summed E-state index contributed by atoms with van der Waals surface area (Å²) in [5, 5.41) is 0.0786. The first-order chi connectivity index (χ1) is 6.66. The average Bonchev–Trinajstić information content (AvgIpc) is 2.08. The molecule has 1 nitrogen and oxygen atoms in total. The summed E-state index contributed by atoms with van der Waals surface area (Å²) < 4.78 is 31.3. The van der Waals surface area contributed by atoms with Gasteiger partial charge >= 0.3 is 0 Å². The van der Waals surface area contributed by atoms with Gasteiger partial charge in [0.15, 0.2) is 17.4 Å². The van der Waals surface area contributed by atoms with Crippen LogP contribution in [0.5, 0.6) is 5.75 Å². The van der Waals surface area contributed by atoms with Gasteiger partial charge in [-0.05, 0) is 12.1 Å². The minimum Gasteiger partial charge on any atom is -0.484 e. The van der Waals surface area contributed by atoms with Gasteiger partial charge in [-0.15, -0.1) is 11.6 Å². The molecule has 0 saturated heterocycles. The van der Waals surface area contributed by atoms with E-state index in [1.54, 1.807) is 0 Å². The number of hydrogen-bond donors (Lipinski definition) is 0. The van der Waals surface area contributed by atoms with Crippen molar-refractivity contribution in [2.45, 2.75) is 24.3 Å². The van der Waals surface area contributed by atoms with Crippen molar-refractivity contribution in [3.8, 4) is 5.75 Å². The lowest BCUT2D eigenvalue weighted by atomic mass is 9.95. The standard InChI is InChI=1S/C10H9ClF2O/c11-6-4-7(5-6)14-10-8(12)2-1-3-9(10)13/h1-3,6-7H,4-5H2. The van der Waals surface area contributed by atoms with Crippen LogP contribution in [-0.4, -0.2) is 11.5 Å². The van der Waals surface area contributed by atoms with Crippen molar-refractivity contribution in [3.63, 3.8) is 0 Å². The molecule has 0 bridgehead atoms. The first-order valence-electron chi connectivity index (χ1n) is 4.41. The van der Waals surface area contributed by atoms with E-state index in [-0.39, 0.29) is 17.2 Å². The second-order valence-electron chi connectivity index (χ2n) is 3.36. The molecule has 14 heavy (non-hydrogen) atoms. The van der Waals surface area contributed by atoms with Crippen molar-refractivity contribution >= 4 is 11.6 Å². The van der Waals surface area contributed by atoms with Gasteiger partial charge in [-0.2, -0.15) is 0 Å². The molecule has 0 aliphatic heterocycles. The van der Waals surface area contributed by atoms with Crippen LogP contribution in [0.4, 0.5) is 8.78 Å². The van der Waals surface area contributed by atoms with Crippen molar-refractivity contribution in [1.82, 2.24) is 0 Å². The molecule has 1 aliphatic carbocycles. The fraction of sp³-hybridized carbons (Fsp3) is 0.400. The van der Waals surface area contributed by atoms with Gasteiger partial charge in [-0.1, -0.05) is 6.07 Å². The number of rotatable bonds is 2. The maximum absolute atomic E-state index is 13.1. The molecule has 1 aromatic carbocycles. The van der Waals surface area contributed by atoms with Gasteiger partial charge in [0.25, 0.3) is 0 Å². The molecule has 0 radical (unpaired) electrons. The molecule has 4 heteroatoms. The normalized spacial score (nSPS) is 25.6. The Labute approximate surface area is 85.6 Å². The van der Waals surface area contributed by atoms with Crippen LogP contribution in [-0.2, 0) is 0 Å². The van der Waals surface area contributed by atoms with Crippen LogP contribution < -0.4 is 4.74 Å². The van der Waals surface area contributed by atoms with E-state index >= 15 is 0 Å². The van der Waals surface area contributed by atoms with Gasteiger partial charge < -0.3 is 4.74 Å². The summed E-state index contributed by atoms with van der Waals surface area (Å²) in [6, 6.07) is 3.66. The molecular formula is C10H9ClF2O. The Balaban J connectivity index is 2.09. The molecule has 1 aromatic rings. The molecule has 0 amide bonds. The highest BCUT2D eigenvalue weighted by atomic mass is 35.5. The molecule has 0 unspecified atom stereocenters. The summed E-state index contributed by atoms with van der Waals surface area (Å²) in [6.45, 7) is 0. The van der Waals surface area contributed by atoms with E-state index in [1.807, 2.05) is 0 Å². The molecular weight excluding hydrogens is 210 g/mol. The fourth-order valence-corrected chi connectivity index (χ4v) is 1.76. The van der Waals surface area contributed by atoms with Crippen LogP contribution in [0, 0.1) is 11.6 Å². The van der Waals surface area contributed by atoms with Crippen LogP contribution in [0.3, 0.4) is 0 Å². The Morgan fingerprint density at radius 2 is 1.79 bits per heavy atom. The lowest BCUT2D eigenvalue weighted by Gasteiger charge is -2.31. The van der Waals surface area contributed by atoms with Crippen molar-refractivity contribution < 1.29 is 13.5 Å². The maximum Gasteiger partial charge on any atom is 0.191 e. The van der Waals surface area contributed by atoms with Crippen LogP contribution in [0.25, 0.3) is 0 Å². The minimum atomic E-state index is -0.664. The third-order valence-corrected chi connectivity index (χ3v) is 2.60. The van der Waals surface area contributed by atoms with Gasteiger partial charge in [-0.3, -0.25) is 0 Å². The van der Waals surface area contributed by atoms with E-state index in [4.69, 9.17) is 16.3 Å². The summed E-state index contributed by atoms with van der Waals surface area (Å²) in [7, 11) is 0. The lowest BCUT2D eigenvalue weighted by molar-refractivity contribution is 0.113. The maximum atomic E-state index is 13.1. The number of para-hydroxylation sites is 1. The molecule has 1 aliphatic rings. The molecule has 0 heterocycles. The van der Waals surface area contributed by atoms with Gasteiger partial charge in [0, 0.05) is 18.2 Å². The molecule has 1 saturated carbocycles. The van der Waals surface area contributed by atoms with Crippen molar-refractivity contribution in [3.05, 3.63) is 29.8 Å². The first kappa shape index (κ1) is 9.71. The van der Waals surface area contributed by atoms with Gasteiger partial charge in [-0.25, -0.2) is 8.78 Å². The van der Waals surface area contributed by atoms with E-state index < -0.39 is 11.6 Å². The Morgan fingerprint density at radius 1 is 1.21 bits per heavy atom. The fourth-order valence-electron chi connectivity index (χ4n) is 1.36. The Morgan fingerprint density at radius 3 is 2.29 bits per heavy atom. The summed E-state index contributed by atoms with van der Waals surface area (Å²) in [5.41, 5.74) is 0. The summed E-state index contributed by atoms with van der Waals surface area (Å²) >= 11 is 5.72. The Bertz CT molecular complexity index is 317. The number of halogens is 3. The largest absolute Gasteiger partial charge is 0.484 e. The molecule has 76 valence electrons. The summed E-state index contributed by atoms with van der Waals surface area (Å²) in [5.74, 6) is -1.62. The molecule has 0 spiro atoms. The smallest absolute Gasteiger partial charge is 0.191 e. The van der Waals surface area contributed by atoms with E-state index in [0.717, 1.165) is 0 Å². The average molecular weight is 219 g/mol. The quantitative estimate of drug-likeness (QED) is 0.693. The third kappa shape index (κ3) is 1.82. The van der Waals surface area contributed by atoms with Crippen molar-refractivity contribution in [2.24, 2.45) is 0 Å². The van der Waals surface area contributed by atoms with E-state index in [2.05, 4.69) is 0 Å². The van der Waals surface area contributed by atoms with Crippen molar-refractivity contribution in [2.75, 3.05) is 0 Å². The summed E-state index contributed by atoms with van der Waals surface area (Å²) in [6.07, 6.45) is 1.15. The highest BCUT2D eigenvalue weighted by Gasteiger charge is 2.30. The highest BCUT2D eigenvalue weighted by molar-refractivity contribution is 6.21. The SMILES string of the molecule is Fc1cccc(F)c1OC1CC(Cl)C1. The minimum absolute atomic E-state index is 0.0786. The Kier molecular flexibility index (Phi) is 2.59. The summed E-state index contributed by atoms with van der Waals surface area (Å²) in [4.78, 5) is 0. The highest BCUT2D eigenvalue weighted by Crippen LogP contribution is 2.31. The zero-order chi connectivity index (χ0) is 10.1. The van der Waals surface area contributed by atoms with Crippen LogP contribution in [0.2, 0.25) is 0 Å². The predicted octanol–water partition coefficient (Wildman–Crippen LogP) is 3.11. The van der Waals surface area contributed by atoms with Crippen molar-refractivity contribution in [1.29, 1.82) is 0 Å². The second kappa shape index (κ2) is 3.73. The molecule has 0 atom stereocenters. The predicted molar refractivity (Wildman–Crippen MR) is 49.6 cm³/mol. The zero-order valence-electron chi connectivity index (χ0n) is 7.34. The van der Waals surface area contributed by atoms with E-state index in [9.17, 15) is 8.78 Å². The van der Waals surface area contributed by atoms with E-state index in [1.165, 1.54) is 18.2 Å². The van der Waals surface area contributed by atoms with Gasteiger partial charge in [0.1, 0.15) is 6.10 Å². The molecule has 1 fully saturated rings. The van der Waals surface area contributed by atoms with Crippen LogP contribution in [0.15, 0.2) is 18.2 Å². The number of benzene rings is 1. The van der Waals surface area contributed by atoms with Gasteiger partial charge in [0.05, 0.1) is 0 Å². The number of alkyl halides is 1. The molecule has 0 aromatic heterocycles. The third-order valence-electron chi connectivity index (χ3n) is 2.24. The van der Waals surface area contributed by atoms with Crippen LogP contribution >= 0.6 is 11.6 Å². The first-order valence-corrected chi connectivity index (χ1v) is 4.85. The monoisotopic (exact) mass is 218 g/mol. The molecule has 2 rings (SSSR count). The lowest BCUT2D eigenvalue weighted by Crippen LogP contribution is -2.34. The van der Waals surface area contributed by atoms with Gasteiger partial charge in [0.2, 0.25) is 0 Å². The van der Waals surface area contributed by atoms with E-state index in [0.29, 0.717) is 12.8 Å². The zero-order valence-corrected chi connectivity index (χ0v) is 8.10. The van der Waals surface area contributed by atoms with Crippen LogP contribution in [0.1, 0.15) is 12.8 Å². The Hall–Kier alpha value is -0.830.